The highest BCUT2D eigenvalue weighted by Gasteiger charge is 2.57. The molecule has 0 saturated carbocycles. The predicted molar refractivity (Wildman–Crippen MR) is 162 cm³/mol. The van der Waals surface area contributed by atoms with Crippen molar-refractivity contribution in [2.45, 2.75) is 142 Å². The third-order valence-electron chi connectivity index (χ3n) is 10.1. The summed E-state index contributed by atoms with van der Waals surface area (Å²) in [7, 11) is 3.68. The summed E-state index contributed by atoms with van der Waals surface area (Å²) in [5.41, 5.74) is -2.90. The minimum Gasteiger partial charge on any atom is -0.458 e. The number of hydrogen-bond acceptors (Lipinski definition) is 12. The minimum absolute atomic E-state index is 0.0266. The van der Waals surface area contributed by atoms with Crippen LogP contribution < -0.4 is 5.32 Å². The normalized spacial score (nSPS) is 45.2. The summed E-state index contributed by atoms with van der Waals surface area (Å²) in [6, 6.07) is -1.14. The molecule has 0 bridgehead atoms. The predicted octanol–water partition coefficient (Wildman–Crippen LogP) is 2.19. The van der Waals surface area contributed by atoms with Gasteiger partial charge in [-0.15, -0.1) is 0 Å². The maximum atomic E-state index is 14.0. The van der Waals surface area contributed by atoms with Crippen LogP contribution in [0.2, 0.25) is 0 Å². The molecule has 0 spiro atoms. The number of fused-ring (bicyclic) bond motifs is 1. The van der Waals surface area contributed by atoms with Crippen molar-refractivity contribution in [3.8, 4) is 0 Å². The quantitative estimate of drug-likeness (QED) is 0.296. The van der Waals surface area contributed by atoms with E-state index in [1.54, 1.807) is 41.5 Å². The van der Waals surface area contributed by atoms with Gasteiger partial charge < -0.3 is 44.1 Å². The maximum absolute atomic E-state index is 14.0. The van der Waals surface area contributed by atoms with Gasteiger partial charge in [-0.25, -0.2) is 4.79 Å². The Bertz CT molecular complexity index is 1100. The van der Waals surface area contributed by atoms with Crippen molar-refractivity contribution < 1.29 is 53.1 Å². The van der Waals surface area contributed by atoms with Gasteiger partial charge in [0.05, 0.1) is 24.2 Å². The van der Waals surface area contributed by atoms with E-state index >= 15 is 0 Å². The zero-order valence-corrected chi connectivity index (χ0v) is 28.6. The van der Waals surface area contributed by atoms with E-state index in [1.165, 1.54) is 13.8 Å². The third kappa shape index (κ3) is 7.64. The Hall–Kier alpha value is -2.32. The van der Waals surface area contributed by atoms with Crippen molar-refractivity contribution in [2.75, 3.05) is 14.1 Å². The highest BCUT2D eigenvalue weighted by molar-refractivity contribution is 5.85. The number of hydrogen-bond donors (Lipinski definition) is 3. The number of cyclic esters (lactones) is 1. The van der Waals surface area contributed by atoms with Gasteiger partial charge in [0.2, 0.25) is 0 Å². The molecule has 3 N–H and O–H groups in total. The molecule has 3 fully saturated rings. The summed E-state index contributed by atoms with van der Waals surface area (Å²) >= 11 is 0. The van der Waals surface area contributed by atoms with Crippen LogP contribution in [0.25, 0.3) is 0 Å². The Kier molecular flexibility index (Phi) is 11.7. The molecule has 0 unspecified atom stereocenters. The number of amides is 1. The van der Waals surface area contributed by atoms with E-state index < -0.39 is 89.7 Å². The molecule has 0 aliphatic carbocycles. The van der Waals surface area contributed by atoms with Crippen molar-refractivity contribution in [1.29, 1.82) is 0 Å². The first-order valence-electron chi connectivity index (χ1n) is 16.0. The molecule has 0 aromatic rings. The molecule has 1 amide bonds. The van der Waals surface area contributed by atoms with Crippen LogP contribution in [-0.4, -0.2) is 113 Å². The van der Waals surface area contributed by atoms with Gasteiger partial charge in [-0.3, -0.25) is 14.4 Å². The van der Waals surface area contributed by atoms with Crippen LogP contribution in [0, 0.1) is 23.7 Å². The number of alkyl carbamates (subject to hydrolysis) is 1. The van der Waals surface area contributed by atoms with Gasteiger partial charge in [0.15, 0.2) is 11.9 Å². The lowest BCUT2D eigenvalue weighted by atomic mass is 9.73. The monoisotopic (exact) mass is 642 g/mol. The number of carbonyl (C=O) groups is 4. The average Bonchev–Trinajstić information content (AvgIpc) is 3.26. The largest absolute Gasteiger partial charge is 0.458 e. The Balaban J connectivity index is 2.14. The van der Waals surface area contributed by atoms with Crippen LogP contribution in [0.4, 0.5) is 4.79 Å². The molecule has 3 saturated heterocycles. The summed E-state index contributed by atoms with van der Waals surface area (Å²) in [4.78, 5) is 54.6. The van der Waals surface area contributed by atoms with E-state index in [9.17, 15) is 29.4 Å². The molecule has 3 aliphatic rings. The van der Waals surface area contributed by atoms with Gasteiger partial charge in [-0.2, -0.15) is 0 Å². The number of ether oxygens (including phenoxy) is 5. The number of Topliss-reactive ketones (excluding diaryl/α,β-unsaturated/α-hetero) is 1. The van der Waals surface area contributed by atoms with E-state index in [-0.39, 0.29) is 30.8 Å². The number of carbonyl (C=O) groups excluding carboxylic acids is 4. The molecule has 0 aromatic heterocycles. The summed E-state index contributed by atoms with van der Waals surface area (Å²) < 4.78 is 30.1. The van der Waals surface area contributed by atoms with E-state index in [2.05, 4.69) is 5.32 Å². The fraction of sp³-hybridized carbons (Fsp3) is 0.875. The summed E-state index contributed by atoms with van der Waals surface area (Å²) in [6.45, 7) is 14.7. The fourth-order valence-corrected chi connectivity index (χ4v) is 7.57. The van der Waals surface area contributed by atoms with Crippen LogP contribution in [0.1, 0.15) is 81.6 Å². The maximum Gasteiger partial charge on any atom is 0.408 e. The van der Waals surface area contributed by atoms with Crippen LogP contribution in [0.5, 0.6) is 0 Å². The SMILES string of the molecule is CC[C@H]1OC(=O)[C@H](C)[C@@H](O)[C@H](C)[C@@H](O[C@@H]2O[C@H](C)C[C@H](N(C)C)[C@H]2O)[C@](C)(OC(C)=O)C[C@@H](C)C(=O)[C@H](C)[C@H]2NC(=O)O[C@@]21C. The van der Waals surface area contributed by atoms with Crippen molar-refractivity contribution in [2.24, 2.45) is 23.7 Å². The van der Waals surface area contributed by atoms with Crippen LogP contribution >= 0.6 is 0 Å². The molecule has 0 aromatic carbocycles. The third-order valence-corrected chi connectivity index (χ3v) is 10.1. The van der Waals surface area contributed by atoms with Gasteiger partial charge in [0, 0.05) is 30.7 Å². The Morgan fingerprint density at radius 2 is 1.67 bits per heavy atom. The van der Waals surface area contributed by atoms with Crippen LogP contribution in [0.3, 0.4) is 0 Å². The second-order valence-corrected chi connectivity index (χ2v) is 14.0. The van der Waals surface area contributed by atoms with Crippen molar-refractivity contribution in [3.63, 3.8) is 0 Å². The minimum atomic E-state index is -1.53. The van der Waals surface area contributed by atoms with Gasteiger partial charge in [-0.1, -0.05) is 27.7 Å². The van der Waals surface area contributed by atoms with Crippen LogP contribution in [0.15, 0.2) is 0 Å². The molecule has 13 nitrogen and oxygen atoms in total. The van der Waals surface area contributed by atoms with Gasteiger partial charge in [0.25, 0.3) is 0 Å². The lowest BCUT2D eigenvalue weighted by molar-refractivity contribution is -0.300. The lowest BCUT2D eigenvalue weighted by Crippen LogP contribution is -2.61. The molecular formula is C32H54N2O11. The van der Waals surface area contributed by atoms with E-state index in [0.29, 0.717) is 6.42 Å². The fourth-order valence-electron chi connectivity index (χ4n) is 7.57. The second-order valence-electron chi connectivity index (χ2n) is 14.0. The van der Waals surface area contributed by atoms with Gasteiger partial charge in [0.1, 0.15) is 29.7 Å². The van der Waals surface area contributed by atoms with Crippen LogP contribution in [-0.2, 0) is 38.1 Å². The number of nitrogens with zero attached hydrogens (tertiary/aromatic N) is 1. The number of likely N-dealkylation sites (N-methyl/N-ethyl adjacent to an activating group) is 1. The van der Waals surface area contributed by atoms with Gasteiger partial charge in [-0.05, 0) is 61.1 Å². The summed E-state index contributed by atoms with van der Waals surface area (Å²) in [5, 5.41) is 25.7. The number of nitrogens with one attached hydrogen (secondary N) is 1. The highest BCUT2D eigenvalue weighted by Crippen LogP contribution is 2.41. The molecule has 3 heterocycles. The standard InChI is InChI=1S/C32H54N2O11/c1-12-22-32(9)26(33-30(40)45-32)17(4)23(36)15(2)14-31(8,44-20(7)35)27(18(5)24(37)19(6)28(39)42-22)43-29-25(38)21(34(10)11)13-16(3)41-29/h15-19,21-22,24-27,29,37-38H,12-14H2,1-11H3,(H,33,40)/t15-,16-,17+,18+,19-,21+,22-,24+,25-,26-,27-,29+,31-,32-/m1/s1. The number of aliphatic hydroxyl groups is 2. The molecule has 3 aliphatic heterocycles. The van der Waals surface area contributed by atoms with E-state index in [0.717, 1.165) is 0 Å². The molecule has 14 atom stereocenters. The summed E-state index contributed by atoms with van der Waals surface area (Å²) in [5.74, 6) is -5.11. The van der Waals surface area contributed by atoms with Crippen molar-refractivity contribution >= 4 is 23.8 Å². The van der Waals surface area contributed by atoms with E-state index in [1.807, 2.05) is 25.9 Å². The number of aliphatic hydroxyl groups excluding tert-OH is 2. The molecule has 3 rings (SSSR count). The molecule has 0 radical (unpaired) electrons. The second kappa shape index (κ2) is 14.2. The Morgan fingerprint density at radius 3 is 2.22 bits per heavy atom. The molecule has 45 heavy (non-hydrogen) atoms. The lowest BCUT2D eigenvalue weighted by Gasteiger charge is -2.48. The van der Waals surface area contributed by atoms with Gasteiger partial charge >= 0.3 is 18.0 Å². The Labute approximate surface area is 266 Å². The zero-order valence-electron chi connectivity index (χ0n) is 28.6. The summed E-state index contributed by atoms with van der Waals surface area (Å²) in [6.07, 6.45) is -5.92. The number of ketones is 1. The smallest absolute Gasteiger partial charge is 0.408 e. The average molecular weight is 643 g/mol. The molecule has 258 valence electrons. The van der Waals surface area contributed by atoms with E-state index in [4.69, 9.17) is 23.7 Å². The zero-order chi connectivity index (χ0) is 34.2. The number of esters is 2. The number of rotatable bonds is 5. The molecule has 13 heteroatoms. The first-order valence-corrected chi connectivity index (χ1v) is 16.0. The topological polar surface area (TPSA) is 170 Å². The molecular weight excluding hydrogens is 588 g/mol. The first-order chi connectivity index (χ1) is 20.8. The highest BCUT2D eigenvalue weighted by atomic mass is 16.7. The first kappa shape index (κ1) is 37.1. The van der Waals surface area contributed by atoms with Crippen molar-refractivity contribution in [1.82, 2.24) is 10.2 Å². The van der Waals surface area contributed by atoms with Crippen molar-refractivity contribution in [3.05, 3.63) is 0 Å². The Morgan fingerprint density at radius 1 is 1.04 bits per heavy atom.